The molecule has 1 rings (SSSR count). The van der Waals surface area contributed by atoms with E-state index in [2.05, 4.69) is 57.6 Å². The second-order valence-electron chi connectivity index (χ2n) is 3.07. The molecular weight excluding hydrogens is 355 g/mol. The van der Waals surface area contributed by atoms with Gasteiger partial charge in [0.15, 0.2) is 0 Å². The number of benzene rings is 1. The summed E-state index contributed by atoms with van der Waals surface area (Å²) in [6.45, 7) is 2.96. The highest BCUT2D eigenvalue weighted by Gasteiger charge is 2.09. The molecule has 0 aromatic heterocycles. The lowest BCUT2D eigenvalue weighted by atomic mass is 10.1. The number of alkyl halides is 1. The first kappa shape index (κ1) is 12.5. The van der Waals surface area contributed by atoms with Crippen molar-refractivity contribution >= 4 is 38.5 Å². The normalized spacial score (nSPS) is 12.8. The zero-order valence-electron chi connectivity index (χ0n) is 8.17. The Labute approximate surface area is 107 Å². The second-order valence-corrected chi connectivity index (χ2v) is 4.87. The van der Waals surface area contributed by atoms with Gasteiger partial charge < -0.3 is 4.74 Å². The predicted molar refractivity (Wildman–Crippen MR) is 72.0 cm³/mol. The van der Waals surface area contributed by atoms with Gasteiger partial charge in [0.25, 0.3) is 0 Å². The topological polar surface area (TPSA) is 9.23 Å². The molecule has 0 amide bonds. The monoisotopic (exact) mass is 368 g/mol. The van der Waals surface area contributed by atoms with Crippen LogP contribution in [0.5, 0.6) is 0 Å². The average molecular weight is 369 g/mol. The first-order valence-corrected chi connectivity index (χ1v) is 7.02. The Hall–Kier alpha value is 0.390. The van der Waals surface area contributed by atoms with E-state index in [1.165, 1.54) is 5.56 Å². The minimum atomic E-state index is 0.230. The van der Waals surface area contributed by atoms with Gasteiger partial charge in [0.2, 0.25) is 0 Å². The molecule has 0 heterocycles. The van der Waals surface area contributed by atoms with Gasteiger partial charge >= 0.3 is 0 Å². The summed E-state index contributed by atoms with van der Waals surface area (Å²) < 4.78 is 7.86. The number of halogens is 2. The van der Waals surface area contributed by atoms with Gasteiger partial charge in [-0.3, -0.25) is 0 Å². The minimum absolute atomic E-state index is 0.230. The Kier molecular flexibility index (Phi) is 6.05. The first-order valence-electron chi connectivity index (χ1n) is 4.71. The molecule has 0 bridgehead atoms. The van der Waals surface area contributed by atoms with Crippen LogP contribution < -0.4 is 0 Å². The van der Waals surface area contributed by atoms with Crippen LogP contribution in [0, 0.1) is 0 Å². The summed E-state index contributed by atoms with van der Waals surface area (Å²) in [5, 5.41) is 0. The van der Waals surface area contributed by atoms with E-state index >= 15 is 0 Å². The summed E-state index contributed by atoms with van der Waals surface area (Å²) in [7, 11) is 0. The van der Waals surface area contributed by atoms with Crippen molar-refractivity contribution in [3.05, 3.63) is 34.3 Å². The summed E-state index contributed by atoms with van der Waals surface area (Å²) in [4.78, 5) is 0. The van der Waals surface area contributed by atoms with Gasteiger partial charge in [0.05, 0.1) is 6.10 Å². The molecule has 1 atom stereocenters. The van der Waals surface area contributed by atoms with Gasteiger partial charge in [-0.15, -0.1) is 0 Å². The molecule has 0 spiro atoms. The Morgan fingerprint density at radius 3 is 2.86 bits per heavy atom. The summed E-state index contributed by atoms with van der Waals surface area (Å²) in [5.74, 6) is 0. The van der Waals surface area contributed by atoms with Crippen molar-refractivity contribution < 1.29 is 4.74 Å². The van der Waals surface area contributed by atoms with E-state index in [4.69, 9.17) is 4.74 Å². The lowest BCUT2D eigenvalue weighted by Gasteiger charge is -2.15. The van der Waals surface area contributed by atoms with E-state index in [1.807, 2.05) is 12.1 Å². The van der Waals surface area contributed by atoms with Crippen molar-refractivity contribution in [3.8, 4) is 0 Å². The Balaban J connectivity index is 2.68. The van der Waals surface area contributed by atoms with E-state index < -0.39 is 0 Å². The van der Waals surface area contributed by atoms with Gasteiger partial charge in [-0.2, -0.15) is 0 Å². The van der Waals surface area contributed by atoms with E-state index in [-0.39, 0.29) is 6.10 Å². The molecule has 1 aromatic carbocycles. The van der Waals surface area contributed by atoms with Gasteiger partial charge in [0.1, 0.15) is 0 Å². The number of rotatable bonds is 5. The third-order valence-electron chi connectivity index (χ3n) is 1.88. The van der Waals surface area contributed by atoms with E-state index in [1.54, 1.807) is 0 Å². The van der Waals surface area contributed by atoms with Crippen LogP contribution in [0.2, 0.25) is 0 Å². The smallest absolute Gasteiger partial charge is 0.0914 e. The lowest BCUT2D eigenvalue weighted by molar-refractivity contribution is 0.0715. The first-order chi connectivity index (χ1) is 6.77. The van der Waals surface area contributed by atoms with Crippen molar-refractivity contribution in [1.82, 2.24) is 0 Å². The highest BCUT2D eigenvalue weighted by molar-refractivity contribution is 14.1. The molecule has 0 saturated heterocycles. The maximum absolute atomic E-state index is 5.75. The van der Waals surface area contributed by atoms with Gasteiger partial charge in [-0.1, -0.05) is 57.6 Å². The molecular formula is C11H14BrIO. The summed E-state index contributed by atoms with van der Waals surface area (Å²) in [6, 6.07) is 8.32. The molecule has 0 N–H and O–H groups in total. The van der Waals surface area contributed by atoms with Crippen molar-refractivity contribution in [2.45, 2.75) is 19.4 Å². The average Bonchev–Trinajstić information content (AvgIpc) is 2.19. The predicted octanol–water partition coefficient (Wildman–Crippen LogP) is 4.35. The molecule has 0 aliphatic carbocycles. The molecule has 14 heavy (non-hydrogen) atoms. The Morgan fingerprint density at radius 2 is 2.29 bits per heavy atom. The van der Waals surface area contributed by atoms with E-state index in [0.29, 0.717) is 0 Å². The lowest BCUT2D eigenvalue weighted by Crippen LogP contribution is -2.06. The van der Waals surface area contributed by atoms with Crippen LogP contribution in [0.15, 0.2) is 28.7 Å². The number of ether oxygens (including phenoxy) is 1. The minimum Gasteiger partial charge on any atom is -0.373 e. The van der Waals surface area contributed by atoms with Crippen LogP contribution in [0.1, 0.15) is 25.0 Å². The fourth-order valence-electron chi connectivity index (χ4n) is 1.20. The van der Waals surface area contributed by atoms with Crippen LogP contribution in [0.3, 0.4) is 0 Å². The molecule has 1 aromatic rings. The standard InChI is InChI=1S/C11H14BrIO/c1-2-6-14-11(8-13)9-4-3-5-10(12)7-9/h3-5,7,11H,2,6,8H2,1H3. The van der Waals surface area contributed by atoms with Crippen LogP contribution >= 0.6 is 38.5 Å². The highest BCUT2D eigenvalue weighted by Crippen LogP contribution is 2.23. The number of hydrogen-bond acceptors (Lipinski definition) is 1. The largest absolute Gasteiger partial charge is 0.373 e. The number of hydrogen-bond donors (Lipinski definition) is 0. The molecule has 0 aliphatic heterocycles. The molecule has 0 fully saturated rings. The third kappa shape index (κ3) is 3.87. The van der Waals surface area contributed by atoms with E-state index in [0.717, 1.165) is 21.9 Å². The SMILES string of the molecule is CCCOC(CI)c1cccc(Br)c1. The van der Waals surface area contributed by atoms with Crippen LogP contribution in [-0.2, 0) is 4.74 Å². The quantitative estimate of drug-likeness (QED) is 0.554. The second kappa shape index (κ2) is 6.80. The van der Waals surface area contributed by atoms with Crippen molar-refractivity contribution in [2.24, 2.45) is 0 Å². The maximum atomic E-state index is 5.75. The summed E-state index contributed by atoms with van der Waals surface area (Å²) in [6.07, 6.45) is 1.30. The highest BCUT2D eigenvalue weighted by atomic mass is 127. The molecule has 3 heteroatoms. The van der Waals surface area contributed by atoms with Gasteiger partial charge in [-0.05, 0) is 24.1 Å². The van der Waals surface area contributed by atoms with Crippen molar-refractivity contribution in [3.63, 3.8) is 0 Å². The fraction of sp³-hybridized carbons (Fsp3) is 0.455. The molecule has 0 saturated carbocycles. The van der Waals surface area contributed by atoms with Crippen molar-refractivity contribution in [1.29, 1.82) is 0 Å². The van der Waals surface area contributed by atoms with Crippen LogP contribution in [0.4, 0.5) is 0 Å². The fourth-order valence-corrected chi connectivity index (χ4v) is 2.38. The molecule has 1 nitrogen and oxygen atoms in total. The van der Waals surface area contributed by atoms with Crippen molar-refractivity contribution in [2.75, 3.05) is 11.0 Å². The van der Waals surface area contributed by atoms with Gasteiger partial charge in [0, 0.05) is 15.5 Å². The summed E-state index contributed by atoms with van der Waals surface area (Å²) in [5.41, 5.74) is 1.25. The molecule has 0 aliphatic rings. The van der Waals surface area contributed by atoms with Crippen LogP contribution in [0.25, 0.3) is 0 Å². The van der Waals surface area contributed by atoms with Crippen LogP contribution in [-0.4, -0.2) is 11.0 Å². The zero-order valence-corrected chi connectivity index (χ0v) is 11.9. The molecule has 1 unspecified atom stereocenters. The Bertz CT molecular complexity index is 278. The van der Waals surface area contributed by atoms with E-state index in [9.17, 15) is 0 Å². The Morgan fingerprint density at radius 1 is 1.50 bits per heavy atom. The molecule has 0 radical (unpaired) electrons. The summed E-state index contributed by atoms with van der Waals surface area (Å²) >= 11 is 5.83. The van der Waals surface area contributed by atoms with Gasteiger partial charge in [-0.25, -0.2) is 0 Å². The third-order valence-corrected chi connectivity index (χ3v) is 3.18. The molecule has 78 valence electrons. The maximum Gasteiger partial charge on any atom is 0.0914 e. The zero-order chi connectivity index (χ0) is 10.4.